The number of benzene rings is 4. The van der Waals surface area contributed by atoms with Gasteiger partial charge in [-0.1, -0.05) is 174 Å². The number of aliphatic hydroxyl groups is 2. The lowest BCUT2D eigenvalue weighted by molar-refractivity contribution is -0.184. The molecule has 0 heterocycles. The molecule has 4 aromatic carbocycles. The van der Waals surface area contributed by atoms with Gasteiger partial charge in [-0.2, -0.15) is 0 Å². The summed E-state index contributed by atoms with van der Waals surface area (Å²) in [4.78, 5) is 31.6. The summed E-state index contributed by atoms with van der Waals surface area (Å²) in [6, 6.07) is 29.1. The fourth-order valence-electron chi connectivity index (χ4n) is 8.86. The maximum atomic E-state index is 16.1. The van der Waals surface area contributed by atoms with Crippen LogP contribution in [-0.4, -0.2) is 39.0 Å². The fourth-order valence-corrected chi connectivity index (χ4v) is 8.86. The molecule has 0 saturated heterocycles. The molecule has 53 heavy (non-hydrogen) atoms. The number of nitrogens with two attached hydrogens (primary N) is 1. The van der Waals surface area contributed by atoms with Crippen molar-refractivity contribution in [3.8, 4) is 0 Å². The zero-order chi connectivity index (χ0) is 39.1. The number of hydrogen-bond donors (Lipinski definition) is 3. The summed E-state index contributed by atoms with van der Waals surface area (Å²) in [5.74, 6) is -1.13. The Morgan fingerprint density at radius 3 is 1.00 bits per heavy atom. The average Bonchev–Trinajstić information content (AvgIpc) is 3.59. The lowest BCUT2D eigenvalue weighted by Crippen LogP contribution is -2.71. The summed E-state index contributed by atoms with van der Waals surface area (Å²) in [5.41, 5.74) is 6.03. The zero-order valence-electron chi connectivity index (χ0n) is 33.5. The minimum atomic E-state index is -1.81. The van der Waals surface area contributed by atoms with Crippen LogP contribution in [0.2, 0.25) is 0 Å². The number of amides is 2. The standard InChI is InChI=1S/C47H60N2O4/c1-31-13-21-35(22-14-31)46(52,36-23-15-32(2)16-24-36)39(43(5,6)7)49(42(51)45(41(48)50)29-11-12-30-45)40(44(8,9)10)47(53,37-25-17-33(3)18-26-37)38-27-19-34(4)20-28-38/h13-28,39-40,52-53H,11-12,29-30H2,1-10H3,(H2,48,50)/t39-,40-/m1/s1. The third-order valence-electron chi connectivity index (χ3n) is 11.5. The van der Waals surface area contributed by atoms with Crippen LogP contribution in [0.3, 0.4) is 0 Å². The lowest BCUT2D eigenvalue weighted by atomic mass is 9.63. The molecule has 0 bridgehead atoms. The van der Waals surface area contributed by atoms with E-state index in [0.717, 1.165) is 22.3 Å². The maximum absolute atomic E-state index is 16.1. The first-order valence-electron chi connectivity index (χ1n) is 19.0. The van der Waals surface area contributed by atoms with E-state index in [1.165, 1.54) is 0 Å². The van der Waals surface area contributed by atoms with Crippen molar-refractivity contribution < 1.29 is 19.8 Å². The van der Waals surface area contributed by atoms with Crippen molar-refractivity contribution in [3.05, 3.63) is 142 Å². The molecule has 1 fully saturated rings. The molecule has 4 aromatic rings. The molecular weight excluding hydrogens is 657 g/mol. The molecule has 5 rings (SSSR count). The Balaban J connectivity index is 1.99. The van der Waals surface area contributed by atoms with Crippen LogP contribution >= 0.6 is 0 Å². The van der Waals surface area contributed by atoms with E-state index in [1.807, 2.05) is 166 Å². The van der Waals surface area contributed by atoms with E-state index < -0.39 is 51.3 Å². The normalized spacial score (nSPS) is 16.2. The van der Waals surface area contributed by atoms with Crippen molar-refractivity contribution in [1.29, 1.82) is 0 Å². The van der Waals surface area contributed by atoms with Gasteiger partial charge in [-0.3, -0.25) is 9.59 Å². The SMILES string of the molecule is Cc1ccc(C(O)(c2ccc(C)cc2)[C@H](N(C(=O)C2(C(N)=O)CCCC2)[C@H](C(C)(C)C)C(O)(c2ccc(C)cc2)c2ccc(C)cc2)C(C)(C)C)cc1. The molecule has 1 aliphatic carbocycles. The highest BCUT2D eigenvalue weighted by Gasteiger charge is 2.62. The Kier molecular flexibility index (Phi) is 10.9. The first kappa shape index (κ1) is 39.9. The third-order valence-corrected chi connectivity index (χ3v) is 11.5. The largest absolute Gasteiger partial charge is 0.378 e. The molecule has 2 atom stereocenters. The summed E-state index contributed by atoms with van der Waals surface area (Å²) < 4.78 is 0. The molecule has 4 N–H and O–H groups in total. The van der Waals surface area contributed by atoms with Crippen molar-refractivity contribution in [1.82, 2.24) is 4.90 Å². The minimum Gasteiger partial charge on any atom is -0.378 e. The number of primary amides is 1. The van der Waals surface area contributed by atoms with Gasteiger partial charge in [0.1, 0.15) is 16.6 Å². The smallest absolute Gasteiger partial charge is 0.239 e. The molecule has 282 valence electrons. The summed E-state index contributed by atoms with van der Waals surface area (Å²) in [7, 11) is 0. The molecule has 6 nitrogen and oxygen atoms in total. The Labute approximate surface area is 317 Å². The molecule has 1 saturated carbocycles. The first-order chi connectivity index (χ1) is 24.7. The van der Waals surface area contributed by atoms with Gasteiger partial charge < -0.3 is 20.8 Å². The van der Waals surface area contributed by atoms with Gasteiger partial charge in [0.25, 0.3) is 0 Å². The number of rotatable bonds is 10. The first-order valence-corrected chi connectivity index (χ1v) is 19.0. The molecule has 2 amide bonds. The molecule has 0 aromatic heterocycles. The van der Waals surface area contributed by atoms with Crippen molar-refractivity contribution >= 4 is 11.8 Å². The zero-order valence-corrected chi connectivity index (χ0v) is 33.5. The van der Waals surface area contributed by atoms with E-state index in [1.54, 1.807) is 4.90 Å². The summed E-state index contributed by atoms with van der Waals surface area (Å²) >= 11 is 0. The molecule has 1 aliphatic rings. The molecule has 0 unspecified atom stereocenters. The second kappa shape index (κ2) is 14.5. The number of hydrogen-bond acceptors (Lipinski definition) is 4. The predicted octanol–water partition coefficient (Wildman–Crippen LogP) is 8.80. The average molecular weight is 717 g/mol. The van der Waals surface area contributed by atoms with Crippen LogP contribution in [0.4, 0.5) is 0 Å². The maximum Gasteiger partial charge on any atom is 0.239 e. The van der Waals surface area contributed by atoms with Crippen molar-refractivity contribution in [2.24, 2.45) is 22.0 Å². The quantitative estimate of drug-likeness (QED) is 0.143. The van der Waals surface area contributed by atoms with Crippen LogP contribution in [0.15, 0.2) is 97.1 Å². The van der Waals surface area contributed by atoms with Crippen LogP contribution < -0.4 is 5.73 Å². The number of aryl methyl sites for hydroxylation is 4. The molecule has 0 spiro atoms. The Hall–Kier alpha value is -4.26. The van der Waals surface area contributed by atoms with Crippen molar-refractivity contribution in [2.75, 3.05) is 0 Å². The van der Waals surface area contributed by atoms with Crippen LogP contribution in [0.25, 0.3) is 0 Å². The van der Waals surface area contributed by atoms with Gasteiger partial charge in [0.2, 0.25) is 11.8 Å². The fraction of sp³-hybridized carbons (Fsp3) is 0.447. The highest BCUT2D eigenvalue weighted by molar-refractivity contribution is 6.05. The number of carbonyl (C=O) groups is 2. The van der Waals surface area contributed by atoms with Gasteiger partial charge in [-0.25, -0.2) is 0 Å². The van der Waals surface area contributed by atoms with E-state index in [2.05, 4.69) is 0 Å². The Morgan fingerprint density at radius 1 is 0.547 bits per heavy atom. The van der Waals surface area contributed by atoms with Gasteiger partial charge in [-0.05, 0) is 73.6 Å². The molecule has 0 radical (unpaired) electrons. The molecular formula is C47H60N2O4. The topological polar surface area (TPSA) is 104 Å². The number of nitrogens with zero attached hydrogens (tertiary/aromatic N) is 1. The predicted molar refractivity (Wildman–Crippen MR) is 214 cm³/mol. The van der Waals surface area contributed by atoms with Gasteiger partial charge in [0, 0.05) is 0 Å². The van der Waals surface area contributed by atoms with Gasteiger partial charge >= 0.3 is 0 Å². The third kappa shape index (κ3) is 7.33. The van der Waals surface area contributed by atoms with E-state index in [0.29, 0.717) is 47.9 Å². The molecule has 0 aliphatic heterocycles. The van der Waals surface area contributed by atoms with Gasteiger partial charge in [0.05, 0.1) is 12.1 Å². The minimum absolute atomic E-state index is 0.298. The van der Waals surface area contributed by atoms with Gasteiger partial charge in [0.15, 0.2) is 0 Å². The Morgan fingerprint density at radius 2 is 0.792 bits per heavy atom. The highest BCUT2D eigenvalue weighted by atomic mass is 16.3. The Bertz CT molecular complexity index is 1680. The summed E-state index contributed by atoms with van der Waals surface area (Å²) in [6.45, 7) is 20.1. The van der Waals surface area contributed by atoms with Crippen LogP contribution in [0.5, 0.6) is 0 Å². The van der Waals surface area contributed by atoms with E-state index in [-0.39, 0.29) is 0 Å². The molecule has 6 heteroatoms. The second-order valence-electron chi connectivity index (χ2n) is 17.9. The van der Waals surface area contributed by atoms with E-state index in [9.17, 15) is 15.0 Å². The van der Waals surface area contributed by atoms with Crippen molar-refractivity contribution in [2.45, 2.75) is 118 Å². The van der Waals surface area contributed by atoms with Crippen LogP contribution in [0.1, 0.15) is 112 Å². The lowest BCUT2D eigenvalue weighted by Gasteiger charge is -2.59. The van der Waals surface area contributed by atoms with E-state index >= 15 is 4.79 Å². The van der Waals surface area contributed by atoms with E-state index in [4.69, 9.17) is 5.73 Å². The van der Waals surface area contributed by atoms with Crippen LogP contribution in [0, 0.1) is 43.9 Å². The number of carbonyl (C=O) groups excluding carboxylic acids is 2. The summed E-state index contributed by atoms with van der Waals surface area (Å²) in [6.07, 6.45) is 1.94. The highest BCUT2D eigenvalue weighted by Crippen LogP contribution is 2.53. The summed E-state index contributed by atoms with van der Waals surface area (Å²) in [5, 5.41) is 27.8. The van der Waals surface area contributed by atoms with Crippen molar-refractivity contribution in [3.63, 3.8) is 0 Å². The van der Waals surface area contributed by atoms with Gasteiger partial charge in [-0.15, -0.1) is 0 Å². The monoisotopic (exact) mass is 716 g/mol. The second-order valence-corrected chi connectivity index (χ2v) is 17.9. The van der Waals surface area contributed by atoms with Crippen LogP contribution in [-0.2, 0) is 20.8 Å².